The van der Waals surface area contributed by atoms with Gasteiger partial charge < -0.3 is 9.47 Å². The van der Waals surface area contributed by atoms with Crippen molar-refractivity contribution in [2.75, 3.05) is 13.2 Å². The Morgan fingerprint density at radius 2 is 1.77 bits per heavy atom. The van der Waals surface area contributed by atoms with Gasteiger partial charge in [-0.2, -0.15) is 0 Å². The van der Waals surface area contributed by atoms with Crippen LogP contribution in [0.3, 0.4) is 0 Å². The zero-order chi connectivity index (χ0) is 16.2. The maximum atomic E-state index is 11.2. The van der Waals surface area contributed by atoms with Crippen LogP contribution in [0.25, 0.3) is 0 Å². The first-order valence-electron chi connectivity index (χ1n) is 8.18. The molecule has 0 atom stereocenters. The number of benzene rings is 1. The highest BCUT2D eigenvalue weighted by atomic mass is 79.9. The minimum absolute atomic E-state index is 0.0692. The number of esters is 1. The zero-order valence-corrected chi connectivity index (χ0v) is 15.3. The first kappa shape index (κ1) is 19.0. The molecule has 0 fully saturated rings. The first-order valence-corrected chi connectivity index (χ1v) is 8.98. The van der Waals surface area contributed by atoms with Gasteiger partial charge in [-0.3, -0.25) is 4.79 Å². The summed E-state index contributed by atoms with van der Waals surface area (Å²) < 4.78 is 11.8. The van der Waals surface area contributed by atoms with Crippen LogP contribution >= 0.6 is 15.9 Å². The Morgan fingerprint density at radius 3 is 2.50 bits per heavy atom. The molecule has 0 saturated carbocycles. The van der Waals surface area contributed by atoms with Gasteiger partial charge in [-0.25, -0.2) is 0 Å². The van der Waals surface area contributed by atoms with E-state index in [-0.39, 0.29) is 5.97 Å². The number of rotatable bonds is 11. The van der Waals surface area contributed by atoms with Gasteiger partial charge in [0.05, 0.1) is 13.2 Å². The number of carbonyl (C=O) groups is 1. The SMILES string of the molecule is CCOC(=O)CCCCCCCCOc1cccc(Br)c1C. The van der Waals surface area contributed by atoms with Gasteiger partial charge in [-0.1, -0.05) is 47.7 Å². The van der Waals surface area contributed by atoms with Crippen molar-refractivity contribution in [3.05, 3.63) is 28.2 Å². The van der Waals surface area contributed by atoms with E-state index in [0.717, 1.165) is 41.7 Å². The predicted molar refractivity (Wildman–Crippen MR) is 93.3 cm³/mol. The van der Waals surface area contributed by atoms with Crippen LogP contribution in [-0.4, -0.2) is 19.2 Å². The largest absolute Gasteiger partial charge is 0.493 e. The molecule has 0 aliphatic heterocycles. The molecule has 0 aliphatic rings. The van der Waals surface area contributed by atoms with Crippen LogP contribution in [0.4, 0.5) is 0 Å². The molecule has 0 bridgehead atoms. The summed E-state index contributed by atoms with van der Waals surface area (Å²) in [4.78, 5) is 11.2. The average Bonchev–Trinajstić information content (AvgIpc) is 2.50. The molecule has 1 aromatic carbocycles. The van der Waals surface area contributed by atoms with Crippen molar-refractivity contribution in [2.24, 2.45) is 0 Å². The molecule has 0 unspecified atom stereocenters. The van der Waals surface area contributed by atoms with E-state index >= 15 is 0 Å². The Kier molecular flexibility index (Phi) is 9.96. The van der Waals surface area contributed by atoms with Crippen LogP contribution in [0.1, 0.15) is 57.4 Å². The van der Waals surface area contributed by atoms with Crippen LogP contribution in [0, 0.1) is 6.92 Å². The Bertz CT molecular complexity index is 446. The lowest BCUT2D eigenvalue weighted by Gasteiger charge is -2.10. The van der Waals surface area contributed by atoms with Gasteiger partial charge in [-0.05, 0) is 38.8 Å². The molecular weight excluding hydrogens is 344 g/mol. The Balaban J connectivity index is 1.98. The second-order valence-corrected chi connectivity index (χ2v) is 6.24. The minimum Gasteiger partial charge on any atom is -0.493 e. The minimum atomic E-state index is -0.0692. The van der Waals surface area contributed by atoms with Crippen molar-refractivity contribution in [2.45, 2.75) is 58.8 Å². The summed E-state index contributed by atoms with van der Waals surface area (Å²) in [5.41, 5.74) is 1.15. The van der Waals surface area contributed by atoms with E-state index < -0.39 is 0 Å². The van der Waals surface area contributed by atoms with Crippen LogP contribution in [-0.2, 0) is 9.53 Å². The third kappa shape index (κ3) is 7.83. The van der Waals surface area contributed by atoms with E-state index in [0.29, 0.717) is 13.0 Å². The van der Waals surface area contributed by atoms with Crippen molar-refractivity contribution < 1.29 is 14.3 Å². The molecule has 0 spiro atoms. The number of carbonyl (C=O) groups excluding carboxylic acids is 1. The summed E-state index contributed by atoms with van der Waals surface area (Å²) in [6.07, 6.45) is 7.21. The number of halogens is 1. The van der Waals surface area contributed by atoms with Crippen LogP contribution in [0.5, 0.6) is 5.75 Å². The lowest BCUT2D eigenvalue weighted by atomic mass is 10.1. The number of hydrogen-bond donors (Lipinski definition) is 0. The van der Waals surface area contributed by atoms with Crippen LogP contribution in [0.2, 0.25) is 0 Å². The highest BCUT2D eigenvalue weighted by Crippen LogP contribution is 2.25. The molecule has 1 aromatic rings. The van der Waals surface area contributed by atoms with Gasteiger partial charge >= 0.3 is 5.97 Å². The second-order valence-electron chi connectivity index (χ2n) is 5.39. The van der Waals surface area contributed by atoms with Gasteiger partial charge in [0, 0.05) is 16.5 Å². The van der Waals surface area contributed by atoms with Crippen molar-refractivity contribution >= 4 is 21.9 Å². The van der Waals surface area contributed by atoms with Crippen molar-refractivity contribution in [3.8, 4) is 5.75 Å². The maximum absolute atomic E-state index is 11.2. The van der Waals surface area contributed by atoms with Crippen molar-refractivity contribution in [1.29, 1.82) is 0 Å². The number of unbranched alkanes of at least 4 members (excludes halogenated alkanes) is 5. The monoisotopic (exact) mass is 370 g/mol. The van der Waals surface area contributed by atoms with E-state index in [2.05, 4.69) is 22.9 Å². The van der Waals surface area contributed by atoms with Gasteiger partial charge in [0.2, 0.25) is 0 Å². The summed E-state index contributed by atoms with van der Waals surface area (Å²) in [5.74, 6) is 0.893. The Labute approximate surface area is 142 Å². The van der Waals surface area contributed by atoms with Gasteiger partial charge in [0.25, 0.3) is 0 Å². The summed E-state index contributed by atoms with van der Waals surface area (Å²) in [7, 11) is 0. The fourth-order valence-electron chi connectivity index (χ4n) is 2.24. The lowest BCUT2D eigenvalue weighted by Crippen LogP contribution is -2.03. The molecule has 0 heterocycles. The summed E-state index contributed by atoms with van der Waals surface area (Å²) in [6, 6.07) is 6.03. The molecule has 3 nitrogen and oxygen atoms in total. The summed E-state index contributed by atoms with van der Waals surface area (Å²) in [6.45, 7) is 5.15. The Hall–Kier alpha value is -1.03. The van der Waals surface area contributed by atoms with E-state index in [1.165, 1.54) is 19.3 Å². The smallest absolute Gasteiger partial charge is 0.305 e. The van der Waals surface area contributed by atoms with Crippen molar-refractivity contribution in [1.82, 2.24) is 0 Å². The number of hydrogen-bond acceptors (Lipinski definition) is 3. The van der Waals surface area contributed by atoms with Crippen molar-refractivity contribution in [3.63, 3.8) is 0 Å². The first-order chi connectivity index (χ1) is 10.6. The van der Waals surface area contributed by atoms with E-state index in [9.17, 15) is 4.79 Å². The van der Waals surface area contributed by atoms with E-state index in [1.54, 1.807) is 0 Å². The zero-order valence-electron chi connectivity index (χ0n) is 13.7. The third-order valence-corrected chi connectivity index (χ3v) is 4.42. The second kappa shape index (κ2) is 11.5. The van der Waals surface area contributed by atoms with Gasteiger partial charge in [0.1, 0.15) is 5.75 Å². The molecular formula is C18H27BrO3. The predicted octanol–water partition coefficient (Wildman–Crippen LogP) is 5.43. The van der Waals surface area contributed by atoms with Crippen LogP contribution < -0.4 is 4.74 Å². The molecule has 0 N–H and O–H groups in total. The molecule has 124 valence electrons. The van der Waals surface area contributed by atoms with E-state index in [4.69, 9.17) is 9.47 Å². The molecule has 0 saturated heterocycles. The summed E-state index contributed by atoms with van der Waals surface area (Å²) in [5, 5.41) is 0. The highest BCUT2D eigenvalue weighted by Gasteiger charge is 2.03. The van der Waals surface area contributed by atoms with Crippen LogP contribution in [0.15, 0.2) is 22.7 Å². The van der Waals surface area contributed by atoms with Gasteiger partial charge in [0.15, 0.2) is 0 Å². The fourth-order valence-corrected chi connectivity index (χ4v) is 2.59. The molecule has 0 amide bonds. The molecule has 0 aliphatic carbocycles. The highest BCUT2D eigenvalue weighted by molar-refractivity contribution is 9.10. The fraction of sp³-hybridized carbons (Fsp3) is 0.611. The molecule has 4 heteroatoms. The normalized spacial score (nSPS) is 10.5. The third-order valence-electron chi connectivity index (χ3n) is 3.56. The van der Waals surface area contributed by atoms with Gasteiger partial charge in [-0.15, -0.1) is 0 Å². The summed E-state index contributed by atoms with van der Waals surface area (Å²) >= 11 is 3.51. The molecule has 0 aromatic heterocycles. The molecule has 0 radical (unpaired) electrons. The average molecular weight is 371 g/mol. The molecule has 1 rings (SSSR count). The van der Waals surface area contributed by atoms with E-state index in [1.807, 2.05) is 25.1 Å². The Morgan fingerprint density at radius 1 is 1.09 bits per heavy atom. The standard InChI is InChI=1S/C18H27BrO3/c1-3-21-18(20)13-8-6-4-5-7-9-14-22-17-12-10-11-16(19)15(17)2/h10-12H,3-9,13-14H2,1-2H3. The maximum Gasteiger partial charge on any atom is 0.305 e. The molecule has 22 heavy (non-hydrogen) atoms. The number of ether oxygens (including phenoxy) is 2. The quantitative estimate of drug-likeness (QED) is 0.384. The lowest BCUT2D eigenvalue weighted by molar-refractivity contribution is -0.143. The topological polar surface area (TPSA) is 35.5 Å².